The number of piperazine rings is 1. The maximum atomic E-state index is 12.1. The molecule has 2 amide bonds. The molecule has 1 saturated heterocycles. The third-order valence-electron chi connectivity index (χ3n) is 4.53. The zero-order chi connectivity index (χ0) is 19.6. The van der Waals surface area contributed by atoms with Gasteiger partial charge in [0.2, 0.25) is 11.8 Å². The van der Waals surface area contributed by atoms with E-state index in [0.717, 1.165) is 36.6 Å². The van der Waals surface area contributed by atoms with Gasteiger partial charge in [0.25, 0.3) is 0 Å². The largest absolute Gasteiger partial charge is 0.490 e. The molecule has 1 aromatic carbocycles. The van der Waals surface area contributed by atoms with Gasteiger partial charge in [-0.1, -0.05) is 6.07 Å². The van der Waals surface area contributed by atoms with Crippen LogP contribution in [-0.4, -0.2) is 74.1 Å². The molecule has 0 atom stereocenters. The van der Waals surface area contributed by atoms with Crippen molar-refractivity contribution in [3.05, 3.63) is 23.8 Å². The number of nitrogens with zero attached hydrogens (tertiary/aromatic N) is 2. The Morgan fingerprint density at radius 3 is 2.33 bits per heavy atom. The molecule has 1 aliphatic rings. The highest BCUT2D eigenvalue weighted by atomic mass is 16.5. The van der Waals surface area contributed by atoms with Gasteiger partial charge in [0.1, 0.15) is 0 Å². The summed E-state index contributed by atoms with van der Waals surface area (Å²) < 4.78 is 11.2. The SMILES string of the molecule is CCOc1ccc(CCNC(=O)CN2CCN(C(C)=O)CC2)cc1OCC. The molecular weight excluding hydrogens is 346 g/mol. The van der Waals surface area contributed by atoms with Crippen molar-refractivity contribution < 1.29 is 19.1 Å². The van der Waals surface area contributed by atoms with E-state index in [1.165, 1.54) is 0 Å². The van der Waals surface area contributed by atoms with Crippen LogP contribution in [0.3, 0.4) is 0 Å². The molecule has 0 bridgehead atoms. The molecule has 0 aromatic heterocycles. The Bertz CT molecular complexity index is 628. The van der Waals surface area contributed by atoms with E-state index in [1.807, 2.05) is 36.9 Å². The highest BCUT2D eigenvalue weighted by Gasteiger charge is 2.20. The van der Waals surface area contributed by atoms with Crippen LogP contribution in [0, 0.1) is 0 Å². The summed E-state index contributed by atoms with van der Waals surface area (Å²) in [4.78, 5) is 27.4. The number of benzene rings is 1. The monoisotopic (exact) mass is 377 g/mol. The van der Waals surface area contributed by atoms with Crippen LogP contribution in [0.15, 0.2) is 18.2 Å². The lowest BCUT2D eigenvalue weighted by atomic mass is 10.1. The van der Waals surface area contributed by atoms with Crippen molar-refractivity contribution in [2.75, 3.05) is 52.5 Å². The molecule has 0 saturated carbocycles. The molecule has 0 unspecified atom stereocenters. The third kappa shape index (κ3) is 6.75. The maximum absolute atomic E-state index is 12.1. The Morgan fingerprint density at radius 1 is 1.04 bits per heavy atom. The maximum Gasteiger partial charge on any atom is 0.234 e. The molecule has 0 radical (unpaired) electrons. The summed E-state index contributed by atoms with van der Waals surface area (Å²) in [5, 5.41) is 2.97. The van der Waals surface area contributed by atoms with Crippen molar-refractivity contribution in [2.24, 2.45) is 0 Å². The van der Waals surface area contributed by atoms with Gasteiger partial charge < -0.3 is 19.7 Å². The van der Waals surface area contributed by atoms with Crippen LogP contribution in [0.5, 0.6) is 11.5 Å². The molecule has 1 aliphatic heterocycles. The Hall–Kier alpha value is -2.28. The number of carbonyl (C=O) groups is 2. The van der Waals surface area contributed by atoms with Gasteiger partial charge in [-0.05, 0) is 38.0 Å². The van der Waals surface area contributed by atoms with E-state index >= 15 is 0 Å². The number of hydrogen-bond donors (Lipinski definition) is 1. The zero-order valence-electron chi connectivity index (χ0n) is 16.6. The summed E-state index contributed by atoms with van der Waals surface area (Å²) in [5.74, 6) is 1.60. The quantitative estimate of drug-likeness (QED) is 0.703. The van der Waals surface area contributed by atoms with E-state index in [2.05, 4.69) is 10.2 Å². The predicted octanol–water partition coefficient (Wildman–Crippen LogP) is 1.31. The second-order valence-electron chi connectivity index (χ2n) is 6.53. The molecular formula is C20H31N3O4. The molecule has 0 spiro atoms. The first-order valence-corrected chi connectivity index (χ1v) is 9.66. The Kier molecular flexibility index (Phi) is 8.39. The molecule has 7 nitrogen and oxygen atoms in total. The van der Waals surface area contributed by atoms with Crippen molar-refractivity contribution in [3.63, 3.8) is 0 Å². The van der Waals surface area contributed by atoms with Gasteiger partial charge in [0.15, 0.2) is 11.5 Å². The summed E-state index contributed by atoms with van der Waals surface area (Å²) in [5.41, 5.74) is 1.09. The van der Waals surface area contributed by atoms with Crippen molar-refractivity contribution >= 4 is 11.8 Å². The predicted molar refractivity (Wildman–Crippen MR) is 104 cm³/mol. The molecule has 150 valence electrons. The van der Waals surface area contributed by atoms with Crippen molar-refractivity contribution in [2.45, 2.75) is 27.2 Å². The van der Waals surface area contributed by atoms with Crippen LogP contribution in [0.25, 0.3) is 0 Å². The highest BCUT2D eigenvalue weighted by Crippen LogP contribution is 2.28. The van der Waals surface area contributed by atoms with Gasteiger partial charge in [-0.2, -0.15) is 0 Å². The highest BCUT2D eigenvalue weighted by molar-refractivity contribution is 5.78. The van der Waals surface area contributed by atoms with Gasteiger partial charge >= 0.3 is 0 Å². The summed E-state index contributed by atoms with van der Waals surface area (Å²) in [6, 6.07) is 5.89. The number of ether oxygens (including phenoxy) is 2. The molecule has 1 aromatic rings. The van der Waals surface area contributed by atoms with E-state index in [0.29, 0.717) is 39.4 Å². The van der Waals surface area contributed by atoms with Crippen molar-refractivity contribution in [3.8, 4) is 11.5 Å². The van der Waals surface area contributed by atoms with Crippen LogP contribution in [0.1, 0.15) is 26.3 Å². The Labute approximate surface area is 161 Å². The van der Waals surface area contributed by atoms with Crippen molar-refractivity contribution in [1.82, 2.24) is 15.1 Å². The number of nitrogens with one attached hydrogen (secondary N) is 1. The van der Waals surface area contributed by atoms with E-state index in [4.69, 9.17) is 9.47 Å². The average Bonchev–Trinajstić information content (AvgIpc) is 2.64. The average molecular weight is 377 g/mol. The van der Waals surface area contributed by atoms with E-state index in [9.17, 15) is 9.59 Å². The molecule has 1 heterocycles. The molecule has 2 rings (SSSR count). The lowest BCUT2D eigenvalue weighted by Crippen LogP contribution is -2.50. The molecule has 27 heavy (non-hydrogen) atoms. The molecule has 1 N–H and O–H groups in total. The minimum Gasteiger partial charge on any atom is -0.490 e. The standard InChI is InChI=1S/C20H31N3O4/c1-4-26-18-7-6-17(14-19(18)27-5-2)8-9-21-20(25)15-22-10-12-23(13-11-22)16(3)24/h6-7,14H,4-5,8-13,15H2,1-3H3,(H,21,25). The third-order valence-corrected chi connectivity index (χ3v) is 4.53. The minimum absolute atomic E-state index is 0.0160. The fourth-order valence-corrected chi connectivity index (χ4v) is 3.08. The summed E-state index contributed by atoms with van der Waals surface area (Å²) >= 11 is 0. The van der Waals surface area contributed by atoms with Gasteiger partial charge in [-0.15, -0.1) is 0 Å². The topological polar surface area (TPSA) is 71.1 Å². The second kappa shape index (κ2) is 10.8. The van der Waals surface area contributed by atoms with E-state index in [1.54, 1.807) is 6.92 Å². The number of carbonyl (C=O) groups excluding carboxylic acids is 2. The lowest BCUT2D eigenvalue weighted by Gasteiger charge is -2.33. The second-order valence-corrected chi connectivity index (χ2v) is 6.53. The van der Waals surface area contributed by atoms with Crippen LogP contribution < -0.4 is 14.8 Å². The van der Waals surface area contributed by atoms with Gasteiger partial charge in [-0.25, -0.2) is 0 Å². The van der Waals surface area contributed by atoms with Crippen LogP contribution in [-0.2, 0) is 16.0 Å². The normalized spacial score (nSPS) is 14.7. The van der Waals surface area contributed by atoms with E-state index in [-0.39, 0.29) is 11.8 Å². The zero-order valence-corrected chi connectivity index (χ0v) is 16.6. The number of rotatable bonds is 9. The minimum atomic E-state index is 0.0160. The fraction of sp³-hybridized carbons (Fsp3) is 0.600. The van der Waals surface area contributed by atoms with Crippen LogP contribution in [0.2, 0.25) is 0 Å². The summed E-state index contributed by atoms with van der Waals surface area (Å²) in [6.45, 7) is 10.5. The first-order chi connectivity index (χ1) is 13.0. The molecule has 7 heteroatoms. The van der Waals surface area contributed by atoms with Crippen LogP contribution >= 0.6 is 0 Å². The Balaban J connectivity index is 1.74. The lowest BCUT2D eigenvalue weighted by molar-refractivity contribution is -0.131. The van der Waals surface area contributed by atoms with Gasteiger partial charge in [0, 0.05) is 39.6 Å². The summed E-state index contributed by atoms with van der Waals surface area (Å²) in [6.07, 6.45) is 0.732. The van der Waals surface area contributed by atoms with Gasteiger partial charge in [-0.3, -0.25) is 14.5 Å². The smallest absolute Gasteiger partial charge is 0.234 e. The number of hydrogen-bond acceptors (Lipinski definition) is 5. The van der Waals surface area contributed by atoms with Crippen LogP contribution in [0.4, 0.5) is 0 Å². The first-order valence-electron chi connectivity index (χ1n) is 9.66. The van der Waals surface area contributed by atoms with Gasteiger partial charge in [0.05, 0.1) is 19.8 Å². The fourth-order valence-electron chi connectivity index (χ4n) is 3.08. The summed E-state index contributed by atoms with van der Waals surface area (Å²) in [7, 11) is 0. The first kappa shape index (κ1) is 21.0. The molecule has 1 fully saturated rings. The molecule has 0 aliphatic carbocycles. The Morgan fingerprint density at radius 2 is 1.70 bits per heavy atom. The number of amides is 2. The van der Waals surface area contributed by atoms with E-state index < -0.39 is 0 Å². The van der Waals surface area contributed by atoms with Crippen molar-refractivity contribution in [1.29, 1.82) is 0 Å².